The molecule has 0 spiro atoms. The second kappa shape index (κ2) is 7.38. The van der Waals surface area contributed by atoms with Gasteiger partial charge in [-0.2, -0.15) is 0 Å². The van der Waals surface area contributed by atoms with Crippen molar-refractivity contribution >= 4 is 22.8 Å². The summed E-state index contributed by atoms with van der Waals surface area (Å²) in [5.74, 6) is -2.06. The van der Waals surface area contributed by atoms with Crippen LogP contribution in [0.25, 0.3) is 11.0 Å². The van der Waals surface area contributed by atoms with Gasteiger partial charge in [-0.1, -0.05) is 12.1 Å². The first-order valence-electron chi connectivity index (χ1n) is 9.00. The SMILES string of the molecule is O=C(NCC(=O)N1CCCC1c1nc2ccccc2[nH]1)c1ccc(F)cc1F. The molecule has 144 valence electrons. The van der Waals surface area contributed by atoms with Crippen LogP contribution in [-0.2, 0) is 4.79 Å². The highest BCUT2D eigenvalue weighted by atomic mass is 19.1. The summed E-state index contributed by atoms with van der Waals surface area (Å²) in [6, 6.07) is 10.1. The molecular formula is C20H18F2N4O2. The summed E-state index contributed by atoms with van der Waals surface area (Å²) < 4.78 is 26.7. The normalized spacial score (nSPS) is 16.5. The number of aromatic nitrogens is 2. The molecule has 1 unspecified atom stereocenters. The Morgan fingerprint density at radius 2 is 2.04 bits per heavy atom. The highest BCUT2D eigenvalue weighted by Gasteiger charge is 2.32. The van der Waals surface area contributed by atoms with Crippen LogP contribution in [0, 0.1) is 11.6 Å². The summed E-state index contributed by atoms with van der Waals surface area (Å²) in [5, 5.41) is 2.41. The highest BCUT2D eigenvalue weighted by Crippen LogP contribution is 2.31. The van der Waals surface area contributed by atoms with Crippen LogP contribution < -0.4 is 5.32 Å². The van der Waals surface area contributed by atoms with Gasteiger partial charge in [0, 0.05) is 12.6 Å². The number of fused-ring (bicyclic) bond motifs is 1. The van der Waals surface area contributed by atoms with Gasteiger partial charge in [-0.3, -0.25) is 9.59 Å². The highest BCUT2D eigenvalue weighted by molar-refractivity contribution is 5.96. The van der Waals surface area contributed by atoms with Crippen LogP contribution in [-0.4, -0.2) is 39.8 Å². The lowest BCUT2D eigenvalue weighted by Gasteiger charge is -2.23. The Morgan fingerprint density at radius 3 is 2.82 bits per heavy atom. The van der Waals surface area contributed by atoms with Gasteiger partial charge in [-0.15, -0.1) is 0 Å². The lowest BCUT2D eigenvalue weighted by atomic mass is 10.2. The third-order valence-electron chi connectivity index (χ3n) is 4.87. The number of H-pyrrole nitrogens is 1. The van der Waals surface area contributed by atoms with Crippen LogP contribution in [0.1, 0.15) is 35.1 Å². The number of para-hydroxylation sites is 2. The summed E-state index contributed by atoms with van der Waals surface area (Å²) in [7, 11) is 0. The predicted octanol–water partition coefficient (Wildman–Crippen LogP) is 2.93. The van der Waals surface area contributed by atoms with E-state index in [0.29, 0.717) is 18.4 Å². The monoisotopic (exact) mass is 384 g/mol. The summed E-state index contributed by atoms with van der Waals surface area (Å²) >= 11 is 0. The van der Waals surface area contributed by atoms with Crippen molar-refractivity contribution < 1.29 is 18.4 Å². The molecule has 8 heteroatoms. The third kappa shape index (κ3) is 3.45. The number of benzene rings is 2. The molecule has 1 aliphatic rings. The Kier molecular flexibility index (Phi) is 4.77. The van der Waals surface area contributed by atoms with Crippen molar-refractivity contribution in [3.8, 4) is 0 Å². The van der Waals surface area contributed by atoms with Gasteiger partial charge in [0.2, 0.25) is 5.91 Å². The largest absolute Gasteiger partial charge is 0.343 e. The fraction of sp³-hybridized carbons (Fsp3) is 0.250. The number of nitrogens with one attached hydrogen (secondary N) is 2. The van der Waals surface area contributed by atoms with E-state index in [-0.39, 0.29) is 24.1 Å². The molecule has 1 saturated heterocycles. The van der Waals surface area contributed by atoms with Crippen LogP contribution in [0.5, 0.6) is 0 Å². The van der Waals surface area contributed by atoms with Crippen molar-refractivity contribution in [3.63, 3.8) is 0 Å². The van der Waals surface area contributed by atoms with Crippen LogP contribution in [0.2, 0.25) is 0 Å². The molecule has 0 radical (unpaired) electrons. The molecule has 6 nitrogen and oxygen atoms in total. The van der Waals surface area contributed by atoms with Crippen LogP contribution in [0.15, 0.2) is 42.5 Å². The number of aromatic amines is 1. The molecule has 1 aliphatic heterocycles. The standard InChI is InChI=1S/C20H18F2N4O2/c21-12-7-8-13(14(22)10-12)20(28)23-11-18(27)26-9-3-6-17(26)19-24-15-4-1-2-5-16(15)25-19/h1-2,4-5,7-8,10,17H,3,6,9,11H2,(H,23,28)(H,24,25). The minimum Gasteiger partial charge on any atom is -0.343 e. The third-order valence-corrected chi connectivity index (χ3v) is 4.87. The molecule has 4 rings (SSSR count). The first-order valence-corrected chi connectivity index (χ1v) is 9.00. The van der Waals surface area contributed by atoms with Gasteiger partial charge < -0.3 is 15.2 Å². The Morgan fingerprint density at radius 1 is 1.21 bits per heavy atom. The predicted molar refractivity (Wildman–Crippen MR) is 98.5 cm³/mol. The number of likely N-dealkylation sites (tertiary alicyclic amines) is 1. The van der Waals surface area contributed by atoms with Crippen molar-refractivity contribution in [2.75, 3.05) is 13.1 Å². The average molecular weight is 384 g/mol. The lowest BCUT2D eigenvalue weighted by molar-refractivity contribution is -0.131. The summed E-state index contributed by atoms with van der Waals surface area (Å²) in [5.41, 5.74) is 1.43. The maximum absolute atomic E-state index is 13.7. The number of carbonyl (C=O) groups is 2. The number of amides is 2. The number of hydrogen-bond donors (Lipinski definition) is 2. The van der Waals surface area contributed by atoms with Crippen LogP contribution >= 0.6 is 0 Å². The molecule has 2 amide bonds. The quantitative estimate of drug-likeness (QED) is 0.726. The Labute approximate surface area is 159 Å². The van der Waals surface area contributed by atoms with Gasteiger partial charge in [0.1, 0.15) is 17.5 Å². The maximum Gasteiger partial charge on any atom is 0.254 e. The van der Waals surface area contributed by atoms with Gasteiger partial charge in [-0.25, -0.2) is 13.8 Å². The Hall–Kier alpha value is -3.29. The van der Waals surface area contributed by atoms with E-state index >= 15 is 0 Å². The van der Waals surface area contributed by atoms with Gasteiger partial charge in [0.25, 0.3) is 5.91 Å². The van der Waals surface area contributed by atoms with Gasteiger partial charge >= 0.3 is 0 Å². The molecule has 28 heavy (non-hydrogen) atoms. The maximum atomic E-state index is 13.7. The molecule has 0 aliphatic carbocycles. The van der Waals surface area contributed by atoms with E-state index in [2.05, 4.69) is 15.3 Å². The lowest BCUT2D eigenvalue weighted by Crippen LogP contribution is -2.40. The molecule has 3 aromatic rings. The van der Waals surface area contributed by atoms with E-state index in [4.69, 9.17) is 0 Å². The van der Waals surface area contributed by atoms with Crippen molar-refractivity contribution in [2.24, 2.45) is 0 Å². The molecule has 2 N–H and O–H groups in total. The van der Waals surface area contributed by atoms with Crippen molar-refractivity contribution in [1.82, 2.24) is 20.2 Å². The van der Waals surface area contributed by atoms with Crippen LogP contribution in [0.4, 0.5) is 8.78 Å². The molecule has 2 aromatic carbocycles. The van der Waals surface area contributed by atoms with Crippen molar-refractivity contribution in [1.29, 1.82) is 0 Å². The van der Waals surface area contributed by atoms with E-state index < -0.39 is 17.5 Å². The second-order valence-corrected chi connectivity index (χ2v) is 6.69. The first kappa shape index (κ1) is 18.1. The van der Waals surface area contributed by atoms with E-state index in [1.54, 1.807) is 4.90 Å². The average Bonchev–Trinajstić information content (AvgIpc) is 3.32. The van der Waals surface area contributed by atoms with Crippen LogP contribution in [0.3, 0.4) is 0 Å². The molecule has 0 saturated carbocycles. The van der Waals surface area contributed by atoms with E-state index in [0.717, 1.165) is 36.0 Å². The summed E-state index contributed by atoms with van der Waals surface area (Å²) in [6.45, 7) is 0.285. The van der Waals surface area contributed by atoms with E-state index in [1.807, 2.05) is 24.3 Å². The summed E-state index contributed by atoms with van der Waals surface area (Å²) in [4.78, 5) is 34.2. The van der Waals surface area contributed by atoms with E-state index in [1.165, 1.54) is 0 Å². The van der Waals surface area contributed by atoms with E-state index in [9.17, 15) is 18.4 Å². The zero-order chi connectivity index (χ0) is 19.7. The number of rotatable bonds is 4. The molecule has 1 atom stereocenters. The molecule has 2 heterocycles. The Bertz CT molecular complexity index is 1020. The number of halogens is 2. The first-order chi connectivity index (χ1) is 13.5. The number of imidazole rings is 1. The van der Waals surface area contributed by atoms with Gasteiger partial charge in [0.15, 0.2) is 0 Å². The number of nitrogens with zero attached hydrogens (tertiary/aromatic N) is 2. The van der Waals surface area contributed by atoms with Gasteiger partial charge in [-0.05, 0) is 37.1 Å². The molecule has 1 fully saturated rings. The minimum atomic E-state index is -0.966. The zero-order valence-electron chi connectivity index (χ0n) is 14.9. The Balaban J connectivity index is 1.44. The fourth-order valence-corrected chi connectivity index (χ4v) is 3.51. The number of carbonyl (C=O) groups excluding carboxylic acids is 2. The topological polar surface area (TPSA) is 78.1 Å². The smallest absolute Gasteiger partial charge is 0.254 e. The second-order valence-electron chi connectivity index (χ2n) is 6.69. The zero-order valence-corrected chi connectivity index (χ0v) is 14.9. The molecule has 0 bridgehead atoms. The van der Waals surface area contributed by atoms with Crippen molar-refractivity contribution in [2.45, 2.75) is 18.9 Å². The molecular weight excluding hydrogens is 366 g/mol. The summed E-state index contributed by atoms with van der Waals surface area (Å²) in [6.07, 6.45) is 1.60. The number of hydrogen-bond acceptors (Lipinski definition) is 3. The minimum absolute atomic E-state index is 0.195. The molecule has 1 aromatic heterocycles. The van der Waals surface area contributed by atoms with Gasteiger partial charge in [0.05, 0.1) is 29.2 Å². The fourth-order valence-electron chi connectivity index (χ4n) is 3.51. The van der Waals surface area contributed by atoms with Crippen molar-refractivity contribution in [3.05, 3.63) is 65.5 Å².